The summed E-state index contributed by atoms with van der Waals surface area (Å²) in [6.45, 7) is 2.20. The van der Waals surface area contributed by atoms with Gasteiger partial charge in [-0.25, -0.2) is 9.97 Å². The Morgan fingerprint density at radius 3 is 2.74 bits per heavy atom. The minimum Gasteiger partial charge on any atom is -0.497 e. The lowest BCUT2D eigenvalue weighted by molar-refractivity contribution is -0.116. The molecule has 0 aliphatic carbocycles. The van der Waals surface area contributed by atoms with Crippen molar-refractivity contribution in [2.75, 3.05) is 12.4 Å². The Morgan fingerprint density at radius 1 is 1.23 bits per heavy atom. The first kappa shape index (κ1) is 21.2. The number of carbonyl (C=O) groups is 1. The van der Waals surface area contributed by atoms with Gasteiger partial charge in [0.25, 0.3) is 5.56 Å². The zero-order valence-corrected chi connectivity index (χ0v) is 19.3. The minimum atomic E-state index is -0.212. The van der Waals surface area contributed by atoms with Gasteiger partial charge < -0.3 is 10.1 Å². The molecule has 4 aromatic rings. The molecule has 0 radical (unpaired) electrons. The summed E-state index contributed by atoms with van der Waals surface area (Å²) in [5.41, 5.74) is 2.22. The molecule has 0 unspecified atom stereocenters. The van der Waals surface area contributed by atoms with Crippen LogP contribution in [0, 0.1) is 6.92 Å². The highest BCUT2D eigenvalue weighted by Gasteiger charge is 2.13. The number of carbonyl (C=O) groups excluding carboxylic acids is 1. The molecule has 2 aromatic carbocycles. The minimum absolute atomic E-state index is 0.137. The Balaban J connectivity index is 1.44. The van der Waals surface area contributed by atoms with E-state index in [1.807, 2.05) is 37.3 Å². The van der Waals surface area contributed by atoms with Crippen molar-refractivity contribution in [1.82, 2.24) is 14.5 Å². The van der Waals surface area contributed by atoms with Crippen molar-refractivity contribution in [2.24, 2.45) is 0 Å². The fraction of sp³-hybridized carbons (Fsp3) is 0.182. The van der Waals surface area contributed by atoms with Crippen molar-refractivity contribution in [3.05, 3.63) is 68.5 Å². The van der Waals surface area contributed by atoms with E-state index in [-0.39, 0.29) is 24.4 Å². The van der Waals surface area contributed by atoms with Crippen molar-refractivity contribution in [2.45, 2.75) is 19.9 Å². The number of rotatable bonds is 6. The van der Waals surface area contributed by atoms with Gasteiger partial charge in [0.15, 0.2) is 5.13 Å². The largest absolute Gasteiger partial charge is 0.497 e. The third-order valence-corrected chi connectivity index (χ3v) is 6.15. The Morgan fingerprint density at radius 2 is 2.00 bits per heavy atom. The Labute approximate surface area is 190 Å². The number of fused-ring (bicyclic) bond motifs is 1. The van der Waals surface area contributed by atoms with Gasteiger partial charge in [0, 0.05) is 27.9 Å². The lowest BCUT2D eigenvalue weighted by atomic mass is 10.1. The number of thiazole rings is 1. The van der Waals surface area contributed by atoms with Gasteiger partial charge in [-0.05, 0) is 49.4 Å². The van der Waals surface area contributed by atoms with E-state index in [1.165, 1.54) is 22.2 Å². The topological polar surface area (TPSA) is 86.1 Å². The zero-order valence-electron chi connectivity index (χ0n) is 16.9. The Kier molecular flexibility index (Phi) is 6.15. The molecule has 0 saturated heterocycles. The molecule has 2 aromatic heterocycles. The van der Waals surface area contributed by atoms with Crippen LogP contribution >= 0.6 is 27.3 Å². The number of halogens is 1. The quantitative estimate of drug-likeness (QED) is 0.418. The first-order valence-corrected chi connectivity index (χ1v) is 11.1. The van der Waals surface area contributed by atoms with E-state index in [9.17, 15) is 9.59 Å². The van der Waals surface area contributed by atoms with Gasteiger partial charge in [0.05, 0.1) is 30.0 Å². The molecule has 0 bridgehead atoms. The number of ether oxygens (including phenoxy) is 1. The third kappa shape index (κ3) is 4.67. The summed E-state index contributed by atoms with van der Waals surface area (Å²) in [6.07, 6.45) is 1.61. The lowest BCUT2D eigenvalue weighted by Crippen LogP contribution is -2.23. The highest BCUT2D eigenvalue weighted by Crippen LogP contribution is 2.31. The number of methoxy groups -OCH3 is 1. The number of aryl methyl sites for hydroxylation is 2. The van der Waals surface area contributed by atoms with Crippen LogP contribution in [0.15, 0.2) is 58.1 Å². The van der Waals surface area contributed by atoms with E-state index in [0.29, 0.717) is 16.0 Å². The number of hydrogen-bond acceptors (Lipinski definition) is 6. The molecule has 1 N–H and O–H groups in total. The van der Waals surface area contributed by atoms with Crippen molar-refractivity contribution in [3.8, 4) is 17.0 Å². The van der Waals surface area contributed by atoms with Crippen LogP contribution in [0.2, 0.25) is 0 Å². The summed E-state index contributed by atoms with van der Waals surface area (Å²) in [5.74, 6) is 0.562. The molecule has 0 aliphatic rings. The van der Waals surface area contributed by atoms with Crippen molar-refractivity contribution >= 4 is 49.2 Å². The molecule has 0 fully saturated rings. The number of aromatic nitrogens is 3. The molecule has 0 saturated carbocycles. The molecule has 4 rings (SSSR count). The number of benzene rings is 2. The van der Waals surface area contributed by atoms with E-state index in [1.54, 1.807) is 19.2 Å². The highest BCUT2D eigenvalue weighted by molar-refractivity contribution is 9.10. The predicted octanol–water partition coefficient (Wildman–Crippen LogP) is 4.63. The molecule has 0 aliphatic heterocycles. The van der Waals surface area contributed by atoms with Crippen LogP contribution in [0.1, 0.15) is 11.3 Å². The van der Waals surface area contributed by atoms with Gasteiger partial charge in [-0.1, -0.05) is 15.9 Å². The molecular weight excluding hydrogens is 480 g/mol. The average molecular weight is 499 g/mol. The standard InChI is InChI=1S/C22H19BrN4O3S/c1-13-20(14-3-6-16(30-2)7-4-14)26-22(31-13)25-19(28)9-10-27-12-24-18-8-5-15(23)11-17(18)21(27)29/h3-8,11-12H,9-10H2,1-2H3,(H,25,26,28). The summed E-state index contributed by atoms with van der Waals surface area (Å²) in [5, 5.41) is 3.87. The van der Waals surface area contributed by atoms with Gasteiger partial charge in [0.1, 0.15) is 5.75 Å². The van der Waals surface area contributed by atoms with Crippen LogP contribution in [0.3, 0.4) is 0 Å². The molecule has 7 nitrogen and oxygen atoms in total. The zero-order chi connectivity index (χ0) is 22.0. The molecule has 0 spiro atoms. The maximum Gasteiger partial charge on any atom is 0.261 e. The molecular formula is C22H19BrN4O3S. The first-order valence-electron chi connectivity index (χ1n) is 9.51. The van der Waals surface area contributed by atoms with Gasteiger partial charge in [-0.3, -0.25) is 14.2 Å². The van der Waals surface area contributed by atoms with E-state index >= 15 is 0 Å². The van der Waals surface area contributed by atoms with Crippen LogP contribution < -0.4 is 15.6 Å². The summed E-state index contributed by atoms with van der Waals surface area (Å²) in [6, 6.07) is 13.0. The van der Waals surface area contributed by atoms with Crippen LogP contribution in [-0.4, -0.2) is 27.6 Å². The van der Waals surface area contributed by atoms with Crippen LogP contribution in [0.4, 0.5) is 5.13 Å². The smallest absolute Gasteiger partial charge is 0.261 e. The van der Waals surface area contributed by atoms with Crippen LogP contribution in [0.5, 0.6) is 5.75 Å². The summed E-state index contributed by atoms with van der Waals surface area (Å²) >= 11 is 4.79. The molecule has 2 heterocycles. The normalized spacial score (nSPS) is 10.9. The lowest BCUT2D eigenvalue weighted by Gasteiger charge is -2.07. The molecule has 31 heavy (non-hydrogen) atoms. The van der Waals surface area contributed by atoms with Crippen molar-refractivity contribution in [3.63, 3.8) is 0 Å². The molecule has 158 valence electrons. The van der Waals surface area contributed by atoms with Gasteiger partial charge in [-0.15, -0.1) is 11.3 Å². The summed E-state index contributed by atoms with van der Waals surface area (Å²) in [4.78, 5) is 35.0. The fourth-order valence-electron chi connectivity index (χ4n) is 3.16. The molecule has 0 atom stereocenters. The second kappa shape index (κ2) is 8.99. The summed E-state index contributed by atoms with van der Waals surface area (Å²) in [7, 11) is 1.62. The average Bonchev–Trinajstić information content (AvgIpc) is 3.13. The Hall–Kier alpha value is -3.04. The van der Waals surface area contributed by atoms with Crippen molar-refractivity contribution < 1.29 is 9.53 Å². The predicted molar refractivity (Wildman–Crippen MR) is 126 cm³/mol. The van der Waals surface area contributed by atoms with Gasteiger partial charge in [0.2, 0.25) is 5.91 Å². The second-order valence-corrected chi connectivity index (χ2v) is 8.97. The van der Waals surface area contributed by atoms with E-state index in [0.717, 1.165) is 26.4 Å². The maximum absolute atomic E-state index is 12.7. The van der Waals surface area contributed by atoms with Crippen LogP contribution in [0.25, 0.3) is 22.2 Å². The van der Waals surface area contributed by atoms with E-state index in [4.69, 9.17) is 4.74 Å². The number of anilines is 1. The summed E-state index contributed by atoms with van der Waals surface area (Å²) < 4.78 is 7.44. The SMILES string of the molecule is COc1ccc(-c2nc(NC(=O)CCn3cnc4ccc(Br)cc4c3=O)sc2C)cc1. The maximum atomic E-state index is 12.7. The number of nitrogens with zero attached hydrogens (tertiary/aromatic N) is 3. The van der Waals surface area contributed by atoms with E-state index < -0.39 is 0 Å². The molecule has 1 amide bonds. The molecule has 9 heteroatoms. The fourth-order valence-corrected chi connectivity index (χ4v) is 4.37. The number of amides is 1. The monoisotopic (exact) mass is 498 g/mol. The van der Waals surface area contributed by atoms with Gasteiger partial charge in [-0.2, -0.15) is 0 Å². The first-order chi connectivity index (χ1) is 14.9. The second-order valence-electron chi connectivity index (χ2n) is 6.86. The highest BCUT2D eigenvalue weighted by atomic mass is 79.9. The Bertz CT molecular complexity index is 1310. The van der Waals surface area contributed by atoms with Crippen LogP contribution in [-0.2, 0) is 11.3 Å². The number of nitrogens with one attached hydrogen (secondary N) is 1. The van der Waals surface area contributed by atoms with E-state index in [2.05, 4.69) is 31.2 Å². The number of hydrogen-bond donors (Lipinski definition) is 1. The van der Waals surface area contributed by atoms with Crippen molar-refractivity contribution in [1.29, 1.82) is 0 Å². The van der Waals surface area contributed by atoms with Gasteiger partial charge >= 0.3 is 0 Å². The third-order valence-electron chi connectivity index (χ3n) is 4.77.